The zero-order valence-corrected chi connectivity index (χ0v) is 10.5. The lowest BCUT2D eigenvalue weighted by molar-refractivity contribution is 0.0464. The van der Waals surface area contributed by atoms with Gasteiger partial charge in [-0.1, -0.05) is 32.4 Å². The standard InChI is InChI=1S/C12H16ClNO2/c1-12(2,3)5-7-16-11(15)9-8-14-6-4-10(9)13/h4,6,8H,5,7H2,1-3H3. The summed E-state index contributed by atoms with van der Waals surface area (Å²) in [6, 6.07) is 1.57. The van der Waals surface area contributed by atoms with Crippen molar-refractivity contribution >= 4 is 17.6 Å². The average molecular weight is 242 g/mol. The van der Waals surface area contributed by atoms with Crippen LogP contribution in [0, 0.1) is 5.41 Å². The van der Waals surface area contributed by atoms with Crippen LogP contribution in [-0.4, -0.2) is 17.6 Å². The first-order valence-corrected chi connectivity index (χ1v) is 5.54. The number of carbonyl (C=O) groups is 1. The Kier molecular flexibility index (Phi) is 4.30. The van der Waals surface area contributed by atoms with E-state index in [1.165, 1.54) is 12.4 Å². The van der Waals surface area contributed by atoms with Crippen LogP contribution < -0.4 is 0 Å². The van der Waals surface area contributed by atoms with Gasteiger partial charge in [0.2, 0.25) is 0 Å². The first-order valence-electron chi connectivity index (χ1n) is 5.17. The van der Waals surface area contributed by atoms with Gasteiger partial charge in [-0.15, -0.1) is 0 Å². The molecule has 0 atom stereocenters. The molecular formula is C12H16ClNO2. The summed E-state index contributed by atoms with van der Waals surface area (Å²) >= 11 is 5.85. The molecule has 16 heavy (non-hydrogen) atoms. The molecule has 0 saturated carbocycles. The van der Waals surface area contributed by atoms with Crippen LogP contribution in [-0.2, 0) is 4.74 Å². The molecule has 0 fully saturated rings. The van der Waals surface area contributed by atoms with Crippen LogP contribution >= 0.6 is 11.6 Å². The molecule has 0 aromatic carbocycles. The molecule has 0 aliphatic heterocycles. The quantitative estimate of drug-likeness (QED) is 0.762. The van der Waals surface area contributed by atoms with E-state index in [9.17, 15) is 4.79 Å². The second-order valence-corrected chi connectivity index (χ2v) is 5.21. The molecule has 0 unspecified atom stereocenters. The lowest BCUT2D eigenvalue weighted by Crippen LogP contribution is -2.13. The van der Waals surface area contributed by atoms with Crippen molar-refractivity contribution in [2.45, 2.75) is 27.2 Å². The molecule has 0 aliphatic rings. The second-order valence-electron chi connectivity index (χ2n) is 4.80. The number of pyridine rings is 1. The normalized spacial score (nSPS) is 11.2. The van der Waals surface area contributed by atoms with Crippen LogP contribution in [0.4, 0.5) is 0 Å². The van der Waals surface area contributed by atoms with Gasteiger partial charge in [0.15, 0.2) is 0 Å². The van der Waals surface area contributed by atoms with Gasteiger partial charge in [-0.2, -0.15) is 0 Å². The summed E-state index contributed by atoms with van der Waals surface area (Å²) in [4.78, 5) is 15.4. The van der Waals surface area contributed by atoms with E-state index in [1.54, 1.807) is 6.07 Å². The van der Waals surface area contributed by atoms with Gasteiger partial charge in [0.1, 0.15) is 0 Å². The zero-order chi connectivity index (χ0) is 12.2. The first kappa shape index (κ1) is 13.0. The van der Waals surface area contributed by atoms with Crippen molar-refractivity contribution in [1.29, 1.82) is 0 Å². The minimum absolute atomic E-state index is 0.152. The van der Waals surface area contributed by atoms with Crippen molar-refractivity contribution in [1.82, 2.24) is 4.98 Å². The van der Waals surface area contributed by atoms with E-state index in [0.717, 1.165) is 6.42 Å². The van der Waals surface area contributed by atoms with Crippen molar-refractivity contribution in [2.24, 2.45) is 5.41 Å². The number of nitrogens with zero attached hydrogens (tertiary/aromatic N) is 1. The molecule has 0 amide bonds. The van der Waals surface area contributed by atoms with Crippen molar-refractivity contribution < 1.29 is 9.53 Å². The van der Waals surface area contributed by atoms with Gasteiger partial charge in [0.25, 0.3) is 0 Å². The fourth-order valence-electron chi connectivity index (χ4n) is 1.06. The molecule has 0 radical (unpaired) electrons. The molecule has 0 N–H and O–H groups in total. The summed E-state index contributed by atoms with van der Waals surface area (Å²) < 4.78 is 5.12. The largest absolute Gasteiger partial charge is 0.462 e. The van der Waals surface area contributed by atoms with Crippen LogP contribution in [0.25, 0.3) is 0 Å². The van der Waals surface area contributed by atoms with E-state index in [4.69, 9.17) is 16.3 Å². The fraction of sp³-hybridized carbons (Fsp3) is 0.500. The number of halogens is 1. The topological polar surface area (TPSA) is 39.2 Å². The van der Waals surface area contributed by atoms with Crippen molar-refractivity contribution in [3.8, 4) is 0 Å². The summed E-state index contributed by atoms with van der Waals surface area (Å²) in [5, 5.41) is 0.371. The van der Waals surface area contributed by atoms with Crippen molar-refractivity contribution in [3.05, 3.63) is 29.0 Å². The highest BCUT2D eigenvalue weighted by molar-refractivity contribution is 6.33. The summed E-state index contributed by atoms with van der Waals surface area (Å²) in [6.45, 7) is 6.68. The lowest BCUT2D eigenvalue weighted by atomic mass is 9.93. The molecule has 0 saturated heterocycles. The van der Waals surface area contributed by atoms with E-state index in [1.807, 2.05) is 0 Å². The Hall–Kier alpha value is -1.09. The van der Waals surface area contributed by atoms with Crippen LogP contribution in [0.15, 0.2) is 18.5 Å². The van der Waals surface area contributed by atoms with Crippen LogP contribution in [0.5, 0.6) is 0 Å². The Balaban J connectivity index is 2.51. The fourth-order valence-corrected chi connectivity index (χ4v) is 1.24. The van der Waals surface area contributed by atoms with Gasteiger partial charge >= 0.3 is 5.97 Å². The van der Waals surface area contributed by atoms with Gasteiger partial charge in [-0.25, -0.2) is 4.79 Å². The molecule has 0 aliphatic carbocycles. The summed E-state index contributed by atoms with van der Waals surface area (Å²) in [6.07, 6.45) is 3.77. The predicted octanol–water partition coefficient (Wildman–Crippen LogP) is 3.33. The third-order valence-corrected chi connectivity index (χ3v) is 2.40. The molecular weight excluding hydrogens is 226 g/mol. The predicted molar refractivity (Wildman–Crippen MR) is 63.6 cm³/mol. The average Bonchev–Trinajstić information content (AvgIpc) is 2.16. The highest BCUT2D eigenvalue weighted by Crippen LogP contribution is 2.19. The van der Waals surface area contributed by atoms with Crippen molar-refractivity contribution in [2.75, 3.05) is 6.61 Å². The number of esters is 1. The minimum atomic E-state index is -0.414. The number of hydrogen-bond donors (Lipinski definition) is 0. The highest BCUT2D eigenvalue weighted by Gasteiger charge is 2.14. The number of ether oxygens (including phenoxy) is 1. The second kappa shape index (κ2) is 5.30. The van der Waals surface area contributed by atoms with E-state index >= 15 is 0 Å². The maximum Gasteiger partial charge on any atom is 0.341 e. The van der Waals surface area contributed by atoms with E-state index in [0.29, 0.717) is 17.2 Å². The molecule has 0 bridgehead atoms. The molecule has 3 nitrogen and oxygen atoms in total. The van der Waals surface area contributed by atoms with Crippen LogP contribution in [0.1, 0.15) is 37.6 Å². The molecule has 88 valence electrons. The Morgan fingerprint density at radius 3 is 2.75 bits per heavy atom. The Morgan fingerprint density at radius 2 is 2.19 bits per heavy atom. The molecule has 1 heterocycles. The summed E-state index contributed by atoms with van der Waals surface area (Å²) in [5.41, 5.74) is 0.469. The Morgan fingerprint density at radius 1 is 1.50 bits per heavy atom. The van der Waals surface area contributed by atoms with E-state index in [-0.39, 0.29) is 5.41 Å². The SMILES string of the molecule is CC(C)(C)CCOC(=O)c1cnccc1Cl. The van der Waals surface area contributed by atoms with E-state index in [2.05, 4.69) is 25.8 Å². The molecule has 1 rings (SSSR count). The van der Waals surface area contributed by atoms with Crippen LogP contribution in [0.3, 0.4) is 0 Å². The van der Waals surface area contributed by atoms with Gasteiger partial charge in [-0.3, -0.25) is 4.98 Å². The van der Waals surface area contributed by atoms with Crippen molar-refractivity contribution in [3.63, 3.8) is 0 Å². The summed E-state index contributed by atoms with van der Waals surface area (Å²) in [5.74, 6) is -0.414. The van der Waals surface area contributed by atoms with Gasteiger partial charge in [-0.05, 0) is 17.9 Å². The third kappa shape index (κ3) is 4.19. The molecule has 4 heteroatoms. The monoisotopic (exact) mass is 241 g/mol. The van der Waals surface area contributed by atoms with Gasteiger partial charge in [0, 0.05) is 12.4 Å². The number of carbonyl (C=O) groups excluding carboxylic acids is 1. The maximum atomic E-state index is 11.6. The smallest absolute Gasteiger partial charge is 0.341 e. The first-order chi connectivity index (χ1) is 7.40. The number of rotatable bonds is 3. The molecule has 0 spiro atoms. The Bertz CT molecular complexity index is 372. The van der Waals surface area contributed by atoms with E-state index < -0.39 is 5.97 Å². The van der Waals surface area contributed by atoms with Gasteiger partial charge < -0.3 is 4.74 Å². The maximum absolute atomic E-state index is 11.6. The number of aromatic nitrogens is 1. The minimum Gasteiger partial charge on any atom is -0.462 e. The highest BCUT2D eigenvalue weighted by atomic mass is 35.5. The Labute approximate surface area is 101 Å². The molecule has 1 aromatic heterocycles. The van der Waals surface area contributed by atoms with Gasteiger partial charge in [0.05, 0.1) is 17.2 Å². The summed E-state index contributed by atoms with van der Waals surface area (Å²) in [7, 11) is 0. The zero-order valence-electron chi connectivity index (χ0n) is 9.79. The molecule has 1 aromatic rings. The third-order valence-electron chi connectivity index (χ3n) is 2.07. The number of hydrogen-bond acceptors (Lipinski definition) is 3. The lowest BCUT2D eigenvalue weighted by Gasteiger charge is -2.17. The van der Waals surface area contributed by atoms with Crippen LogP contribution in [0.2, 0.25) is 5.02 Å².